The average molecular weight is 409 g/mol. The number of aromatic nitrogens is 2. The standard InChI is InChI=1S/C21H23N5O4/c1-4-18(27)25-8-7-14(12-25)26-20(22)19(21(23)28)17(24-26)6-5-13-9-15(29-2)11-16(10-13)30-3/h4,9-11,14H,1,7-8,12,22H2,2-3H3,(H2,23,28). The van der Waals surface area contributed by atoms with Gasteiger partial charge in [0.05, 0.1) is 20.3 Å². The molecule has 1 fully saturated rings. The first kappa shape index (κ1) is 20.8. The summed E-state index contributed by atoms with van der Waals surface area (Å²) in [4.78, 5) is 25.5. The van der Waals surface area contributed by atoms with Gasteiger partial charge in [0, 0.05) is 24.7 Å². The van der Waals surface area contributed by atoms with E-state index in [2.05, 4.69) is 23.5 Å². The zero-order valence-corrected chi connectivity index (χ0v) is 16.8. The molecule has 0 bridgehead atoms. The minimum Gasteiger partial charge on any atom is -0.497 e. The fourth-order valence-electron chi connectivity index (χ4n) is 3.34. The summed E-state index contributed by atoms with van der Waals surface area (Å²) in [5, 5.41) is 4.42. The summed E-state index contributed by atoms with van der Waals surface area (Å²) in [6.45, 7) is 4.46. The Bertz CT molecular complexity index is 1040. The van der Waals surface area contributed by atoms with E-state index in [1.165, 1.54) is 10.8 Å². The van der Waals surface area contributed by atoms with E-state index < -0.39 is 5.91 Å². The third kappa shape index (κ3) is 4.07. The number of hydrogen-bond donors (Lipinski definition) is 2. The molecule has 1 aromatic heterocycles. The Morgan fingerprint density at radius 2 is 1.90 bits per heavy atom. The molecule has 1 unspecified atom stereocenters. The summed E-state index contributed by atoms with van der Waals surface area (Å²) in [5.74, 6) is 6.23. The molecule has 3 rings (SSSR count). The minimum atomic E-state index is -0.719. The molecule has 9 nitrogen and oxygen atoms in total. The molecule has 0 aliphatic carbocycles. The van der Waals surface area contributed by atoms with Crippen LogP contribution in [0.5, 0.6) is 11.5 Å². The van der Waals surface area contributed by atoms with E-state index in [0.29, 0.717) is 36.6 Å². The van der Waals surface area contributed by atoms with Gasteiger partial charge in [-0.25, -0.2) is 4.68 Å². The Morgan fingerprint density at radius 1 is 1.23 bits per heavy atom. The number of ether oxygens (including phenoxy) is 2. The van der Waals surface area contributed by atoms with E-state index in [1.807, 2.05) is 0 Å². The fourth-order valence-corrected chi connectivity index (χ4v) is 3.34. The lowest BCUT2D eigenvalue weighted by Gasteiger charge is -2.15. The van der Waals surface area contributed by atoms with Crippen molar-refractivity contribution in [3.63, 3.8) is 0 Å². The summed E-state index contributed by atoms with van der Waals surface area (Å²) in [5.41, 5.74) is 12.5. The number of methoxy groups -OCH3 is 2. The molecule has 2 aromatic rings. The molecule has 156 valence electrons. The predicted molar refractivity (Wildman–Crippen MR) is 111 cm³/mol. The molecular formula is C21H23N5O4. The number of nitrogens with two attached hydrogens (primary N) is 2. The molecule has 0 spiro atoms. The van der Waals surface area contributed by atoms with Crippen molar-refractivity contribution in [3.05, 3.63) is 47.7 Å². The topological polar surface area (TPSA) is 126 Å². The number of anilines is 1. The lowest BCUT2D eigenvalue weighted by atomic mass is 10.1. The quantitative estimate of drug-likeness (QED) is 0.559. The van der Waals surface area contributed by atoms with E-state index in [0.717, 1.165) is 0 Å². The van der Waals surface area contributed by atoms with Gasteiger partial charge in [0.1, 0.15) is 22.9 Å². The van der Waals surface area contributed by atoms with Crippen molar-refractivity contribution in [1.29, 1.82) is 0 Å². The monoisotopic (exact) mass is 409 g/mol. The van der Waals surface area contributed by atoms with Gasteiger partial charge >= 0.3 is 0 Å². The Labute approximate surface area is 174 Å². The molecular weight excluding hydrogens is 386 g/mol. The van der Waals surface area contributed by atoms with Crippen LogP contribution in [-0.4, -0.2) is 53.8 Å². The van der Waals surface area contributed by atoms with Gasteiger partial charge in [-0.3, -0.25) is 9.59 Å². The average Bonchev–Trinajstić information content (AvgIpc) is 3.35. The van der Waals surface area contributed by atoms with Crippen LogP contribution in [0, 0.1) is 11.8 Å². The highest BCUT2D eigenvalue weighted by atomic mass is 16.5. The maximum Gasteiger partial charge on any atom is 0.255 e. The summed E-state index contributed by atoms with van der Waals surface area (Å²) >= 11 is 0. The van der Waals surface area contributed by atoms with Gasteiger partial charge in [-0.2, -0.15) is 5.10 Å². The molecule has 0 saturated carbocycles. The number of rotatable bonds is 5. The van der Waals surface area contributed by atoms with E-state index in [1.54, 1.807) is 37.3 Å². The van der Waals surface area contributed by atoms with E-state index in [-0.39, 0.29) is 29.0 Å². The summed E-state index contributed by atoms with van der Waals surface area (Å²) in [6, 6.07) is 5.01. The third-order valence-corrected chi connectivity index (χ3v) is 4.87. The van der Waals surface area contributed by atoms with Crippen molar-refractivity contribution in [1.82, 2.24) is 14.7 Å². The van der Waals surface area contributed by atoms with Crippen molar-refractivity contribution in [2.75, 3.05) is 33.0 Å². The molecule has 9 heteroatoms. The number of primary amides is 1. The Balaban J connectivity index is 1.97. The van der Waals surface area contributed by atoms with E-state index >= 15 is 0 Å². The number of nitrogen functional groups attached to an aromatic ring is 1. The van der Waals surface area contributed by atoms with Crippen molar-refractivity contribution < 1.29 is 19.1 Å². The largest absolute Gasteiger partial charge is 0.497 e. The van der Waals surface area contributed by atoms with Crippen molar-refractivity contribution >= 4 is 17.6 Å². The van der Waals surface area contributed by atoms with Crippen LogP contribution in [0.15, 0.2) is 30.9 Å². The zero-order chi connectivity index (χ0) is 21.8. The molecule has 1 aliphatic rings. The zero-order valence-electron chi connectivity index (χ0n) is 16.8. The van der Waals surface area contributed by atoms with Crippen LogP contribution in [0.3, 0.4) is 0 Å². The second-order valence-corrected chi connectivity index (χ2v) is 6.70. The normalized spacial score (nSPS) is 15.3. The van der Waals surface area contributed by atoms with Gasteiger partial charge in [0.2, 0.25) is 5.91 Å². The van der Waals surface area contributed by atoms with Crippen LogP contribution in [0.2, 0.25) is 0 Å². The van der Waals surface area contributed by atoms with Crippen LogP contribution < -0.4 is 20.9 Å². The van der Waals surface area contributed by atoms with Crippen molar-refractivity contribution in [2.45, 2.75) is 12.5 Å². The van der Waals surface area contributed by atoms with Gasteiger partial charge in [-0.1, -0.05) is 12.5 Å². The molecule has 4 N–H and O–H groups in total. The molecule has 1 saturated heterocycles. The Kier molecular flexibility index (Phi) is 5.97. The number of nitrogens with zero attached hydrogens (tertiary/aromatic N) is 3. The molecule has 0 radical (unpaired) electrons. The van der Waals surface area contributed by atoms with Gasteiger partial charge in [0.25, 0.3) is 5.91 Å². The van der Waals surface area contributed by atoms with Crippen LogP contribution in [0.1, 0.15) is 34.1 Å². The van der Waals surface area contributed by atoms with Crippen molar-refractivity contribution in [2.24, 2.45) is 5.73 Å². The molecule has 2 heterocycles. The molecule has 1 atom stereocenters. The highest BCUT2D eigenvalue weighted by Gasteiger charge is 2.30. The van der Waals surface area contributed by atoms with E-state index in [4.69, 9.17) is 20.9 Å². The molecule has 1 aliphatic heterocycles. The maximum atomic E-state index is 12.0. The summed E-state index contributed by atoms with van der Waals surface area (Å²) < 4.78 is 12.0. The highest BCUT2D eigenvalue weighted by molar-refractivity contribution is 5.99. The van der Waals surface area contributed by atoms with Crippen LogP contribution in [0.4, 0.5) is 5.82 Å². The highest BCUT2D eigenvalue weighted by Crippen LogP contribution is 2.27. The SMILES string of the molecule is C=CC(=O)N1CCC(n2nc(C#Cc3cc(OC)cc(OC)c3)c(C(N)=O)c2N)C1. The first-order valence-corrected chi connectivity index (χ1v) is 9.22. The molecule has 30 heavy (non-hydrogen) atoms. The lowest BCUT2D eigenvalue weighted by Crippen LogP contribution is -2.27. The van der Waals surface area contributed by atoms with Crippen molar-refractivity contribution in [3.8, 4) is 23.3 Å². The first-order valence-electron chi connectivity index (χ1n) is 9.22. The molecule has 1 aromatic carbocycles. The number of benzene rings is 1. The number of likely N-dealkylation sites (tertiary alicyclic amines) is 1. The van der Waals surface area contributed by atoms with E-state index in [9.17, 15) is 9.59 Å². The van der Waals surface area contributed by atoms with Gasteiger partial charge in [-0.15, -0.1) is 0 Å². The minimum absolute atomic E-state index is 0.0610. The summed E-state index contributed by atoms with van der Waals surface area (Å²) in [6.07, 6.45) is 1.91. The van der Waals surface area contributed by atoms with Crippen LogP contribution >= 0.6 is 0 Å². The Morgan fingerprint density at radius 3 is 2.47 bits per heavy atom. The van der Waals surface area contributed by atoms with Gasteiger partial charge in [-0.05, 0) is 30.6 Å². The fraction of sp³-hybridized carbons (Fsp3) is 0.286. The number of amides is 2. The lowest BCUT2D eigenvalue weighted by molar-refractivity contribution is -0.125. The smallest absolute Gasteiger partial charge is 0.255 e. The second kappa shape index (κ2) is 8.61. The second-order valence-electron chi connectivity index (χ2n) is 6.70. The number of carbonyl (C=O) groups is 2. The first-order chi connectivity index (χ1) is 14.4. The molecule has 2 amide bonds. The Hall–Kier alpha value is -3.93. The van der Waals surface area contributed by atoms with Crippen LogP contribution in [-0.2, 0) is 4.79 Å². The van der Waals surface area contributed by atoms with Gasteiger partial charge in [0.15, 0.2) is 5.69 Å². The maximum absolute atomic E-state index is 12.0. The summed E-state index contributed by atoms with van der Waals surface area (Å²) in [7, 11) is 3.09. The number of hydrogen-bond acceptors (Lipinski definition) is 6. The third-order valence-electron chi connectivity index (χ3n) is 4.87. The van der Waals surface area contributed by atoms with Gasteiger partial charge < -0.3 is 25.8 Å². The number of carbonyl (C=O) groups excluding carboxylic acids is 2. The van der Waals surface area contributed by atoms with Crippen LogP contribution in [0.25, 0.3) is 0 Å². The predicted octanol–water partition coefficient (Wildman–Crippen LogP) is 0.941.